The third kappa shape index (κ3) is 4.96. The Hall–Kier alpha value is -3.55. The number of alkyl halides is 3. The summed E-state index contributed by atoms with van der Waals surface area (Å²) in [5.41, 5.74) is 2.34. The normalized spacial score (nSPS) is 11.7. The number of nitrogens with zero attached hydrogens (tertiary/aromatic N) is 3. The number of hydrogen-bond donors (Lipinski definition) is 1. The van der Waals surface area contributed by atoms with Crippen LogP contribution in [0.3, 0.4) is 0 Å². The lowest BCUT2D eigenvalue weighted by Crippen LogP contribution is -2.16. The first-order valence-corrected chi connectivity index (χ1v) is 9.57. The molecule has 0 spiro atoms. The van der Waals surface area contributed by atoms with Gasteiger partial charge in [-0.05, 0) is 50.3 Å². The van der Waals surface area contributed by atoms with Crippen molar-refractivity contribution in [1.29, 1.82) is 0 Å². The van der Waals surface area contributed by atoms with Crippen LogP contribution in [0, 0.1) is 13.8 Å². The highest BCUT2D eigenvalue weighted by Crippen LogP contribution is 2.37. The third-order valence-electron chi connectivity index (χ3n) is 4.83. The van der Waals surface area contributed by atoms with Gasteiger partial charge in [-0.15, -0.1) is 0 Å². The van der Waals surface area contributed by atoms with Gasteiger partial charge in [-0.25, -0.2) is 4.68 Å². The molecule has 162 valence electrons. The number of halogens is 3. The van der Waals surface area contributed by atoms with Crippen LogP contribution in [0.2, 0.25) is 0 Å². The fraction of sp³-hybridized carbons (Fsp3) is 0.217. The molecule has 0 aliphatic carbocycles. The molecule has 2 aromatic carbocycles. The Kier molecular flexibility index (Phi) is 6.19. The molecule has 0 bridgehead atoms. The maximum Gasteiger partial charge on any atom is 0.418 e. The molecule has 1 N–H and O–H groups in total. The summed E-state index contributed by atoms with van der Waals surface area (Å²) >= 11 is 0. The minimum atomic E-state index is -4.59. The summed E-state index contributed by atoms with van der Waals surface area (Å²) in [6.07, 6.45) is -1.82. The van der Waals surface area contributed by atoms with Gasteiger partial charge in [0.1, 0.15) is 0 Å². The zero-order chi connectivity index (χ0) is 22.8. The number of carbonyl (C=O) groups excluding carboxylic acids is 1. The molecule has 1 aromatic heterocycles. The van der Waals surface area contributed by atoms with Crippen molar-refractivity contribution >= 4 is 23.4 Å². The quantitative estimate of drug-likeness (QED) is 0.567. The van der Waals surface area contributed by atoms with Gasteiger partial charge in [0.25, 0.3) is 0 Å². The second-order valence-corrected chi connectivity index (χ2v) is 7.28. The molecule has 0 atom stereocenters. The minimum Gasteiger partial charge on any atom is -0.378 e. The summed E-state index contributed by atoms with van der Waals surface area (Å²) < 4.78 is 42.2. The van der Waals surface area contributed by atoms with Gasteiger partial charge in [-0.2, -0.15) is 18.3 Å². The number of rotatable bonds is 5. The lowest BCUT2D eigenvalue weighted by atomic mass is 10.1. The van der Waals surface area contributed by atoms with Gasteiger partial charge >= 0.3 is 6.18 Å². The fourth-order valence-electron chi connectivity index (χ4n) is 3.20. The van der Waals surface area contributed by atoms with Crippen molar-refractivity contribution in [3.05, 3.63) is 77.1 Å². The van der Waals surface area contributed by atoms with Gasteiger partial charge in [-0.3, -0.25) is 4.79 Å². The Morgan fingerprint density at radius 2 is 1.77 bits per heavy atom. The molecule has 1 heterocycles. The van der Waals surface area contributed by atoms with Crippen molar-refractivity contribution in [3.8, 4) is 5.69 Å². The average molecular weight is 428 g/mol. The molecule has 0 unspecified atom stereocenters. The summed E-state index contributed by atoms with van der Waals surface area (Å²) in [5, 5.41) is 6.83. The summed E-state index contributed by atoms with van der Waals surface area (Å²) in [5.74, 6) is -0.658. The fourth-order valence-corrected chi connectivity index (χ4v) is 3.20. The van der Waals surface area contributed by atoms with E-state index in [9.17, 15) is 18.0 Å². The Labute approximate surface area is 178 Å². The lowest BCUT2D eigenvalue weighted by Gasteiger charge is -2.18. The van der Waals surface area contributed by atoms with Crippen LogP contribution in [0.1, 0.15) is 22.5 Å². The van der Waals surface area contributed by atoms with E-state index in [0.717, 1.165) is 23.0 Å². The molecular formula is C23H23F3N4O. The first kappa shape index (κ1) is 22.1. The SMILES string of the molecule is Cc1nn(-c2ccccc2)c(C)c1/C=C/C(=O)Nc1ccc(N(C)C)cc1C(F)(F)F. The zero-order valence-corrected chi connectivity index (χ0v) is 17.7. The molecule has 0 saturated heterocycles. The summed E-state index contributed by atoms with van der Waals surface area (Å²) in [6.45, 7) is 3.68. The maximum atomic E-state index is 13.5. The summed E-state index contributed by atoms with van der Waals surface area (Å²) in [4.78, 5) is 13.9. The van der Waals surface area contributed by atoms with E-state index in [1.807, 2.05) is 44.2 Å². The van der Waals surface area contributed by atoms with Crippen molar-refractivity contribution in [2.45, 2.75) is 20.0 Å². The van der Waals surface area contributed by atoms with Crippen LogP contribution in [-0.2, 0) is 11.0 Å². The van der Waals surface area contributed by atoms with Crippen LogP contribution in [0.4, 0.5) is 24.5 Å². The number of carbonyl (C=O) groups is 1. The minimum absolute atomic E-state index is 0.291. The van der Waals surface area contributed by atoms with Crippen molar-refractivity contribution in [1.82, 2.24) is 9.78 Å². The van der Waals surface area contributed by atoms with E-state index < -0.39 is 17.6 Å². The first-order valence-electron chi connectivity index (χ1n) is 9.57. The van der Waals surface area contributed by atoms with Crippen LogP contribution in [0.25, 0.3) is 11.8 Å². The molecule has 0 saturated carbocycles. The number of aryl methyl sites for hydroxylation is 1. The predicted molar refractivity (Wildman–Crippen MR) is 116 cm³/mol. The van der Waals surface area contributed by atoms with Gasteiger partial charge < -0.3 is 10.2 Å². The molecule has 3 aromatic rings. The molecule has 5 nitrogen and oxygen atoms in total. The lowest BCUT2D eigenvalue weighted by molar-refractivity contribution is -0.136. The topological polar surface area (TPSA) is 50.2 Å². The van der Waals surface area contributed by atoms with Crippen LogP contribution >= 0.6 is 0 Å². The molecular weight excluding hydrogens is 405 g/mol. The number of nitrogens with one attached hydrogen (secondary N) is 1. The van der Waals surface area contributed by atoms with Gasteiger partial charge in [0.05, 0.1) is 22.6 Å². The number of para-hydroxylation sites is 1. The monoisotopic (exact) mass is 428 g/mol. The van der Waals surface area contributed by atoms with Gasteiger partial charge in [0.2, 0.25) is 5.91 Å². The standard InChI is InChI=1S/C23H23F3N4O/c1-15-19(16(2)30(28-15)17-8-6-5-7-9-17)11-13-22(31)27-21-12-10-18(29(3)4)14-20(21)23(24,25)26/h5-14H,1-4H3,(H,27,31)/b13-11+. The largest absolute Gasteiger partial charge is 0.418 e. The number of hydrogen-bond acceptors (Lipinski definition) is 3. The van der Waals surface area contributed by atoms with E-state index in [1.54, 1.807) is 29.8 Å². The van der Waals surface area contributed by atoms with E-state index in [2.05, 4.69) is 10.4 Å². The Morgan fingerprint density at radius 1 is 1.10 bits per heavy atom. The van der Waals surface area contributed by atoms with Crippen LogP contribution in [-0.4, -0.2) is 29.8 Å². The van der Waals surface area contributed by atoms with E-state index in [0.29, 0.717) is 11.4 Å². The Morgan fingerprint density at radius 3 is 2.39 bits per heavy atom. The molecule has 31 heavy (non-hydrogen) atoms. The molecule has 8 heteroatoms. The molecule has 0 radical (unpaired) electrons. The Bertz CT molecular complexity index is 1120. The molecule has 0 aliphatic heterocycles. The van der Waals surface area contributed by atoms with E-state index >= 15 is 0 Å². The highest BCUT2D eigenvalue weighted by Gasteiger charge is 2.34. The van der Waals surface area contributed by atoms with Crippen LogP contribution in [0.15, 0.2) is 54.6 Å². The van der Waals surface area contributed by atoms with Gasteiger partial charge in [0.15, 0.2) is 0 Å². The second-order valence-electron chi connectivity index (χ2n) is 7.28. The zero-order valence-electron chi connectivity index (χ0n) is 17.7. The van der Waals surface area contributed by atoms with Gasteiger partial charge in [0, 0.05) is 37.1 Å². The number of anilines is 2. The molecule has 0 fully saturated rings. The van der Waals surface area contributed by atoms with Crippen LogP contribution in [0.5, 0.6) is 0 Å². The third-order valence-corrected chi connectivity index (χ3v) is 4.83. The molecule has 1 amide bonds. The average Bonchev–Trinajstić information content (AvgIpc) is 3.00. The van der Waals surface area contributed by atoms with E-state index in [-0.39, 0.29) is 5.69 Å². The highest BCUT2D eigenvalue weighted by molar-refractivity contribution is 6.02. The van der Waals surface area contributed by atoms with Crippen LogP contribution < -0.4 is 10.2 Å². The smallest absolute Gasteiger partial charge is 0.378 e. The number of benzene rings is 2. The summed E-state index contributed by atoms with van der Waals surface area (Å²) in [7, 11) is 3.30. The van der Waals surface area contributed by atoms with E-state index in [4.69, 9.17) is 0 Å². The Balaban J connectivity index is 1.84. The first-order chi connectivity index (χ1) is 14.6. The predicted octanol–water partition coefficient (Wildman–Crippen LogP) is 5.23. The van der Waals surface area contributed by atoms with E-state index in [1.165, 1.54) is 18.2 Å². The van der Waals surface area contributed by atoms with Gasteiger partial charge in [-0.1, -0.05) is 18.2 Å². The van der Waals surface area contributed by atoms with Crippen molar-refractivity contribution < 1.29 is 18.0 Å². The number of aromatic nitrogens is 2. The molecule has 0 aliphatic rings. The second kappa shape index (κ2) is 8.67. The summed E-state index contributed by atoms with van der Waals surface area (Å²) in [6, 6.07) is 13.3. The highest BCUT2D eigenvalue weighted by atomic mass is 19.4. The van der Waals surface area contributed by atoms with Crippen molar-refractivity contribution in [2.24, 2.45) is 0 Å². The molecule has 3 rings (SSSR count). The maximum absolute atomic E-state index is 13.5. The number of amides is 1. The van der Waals surface area contributed by atoms with Crippen molar-refractivity contribution in [3.63, 3.8) is 0 Å². The van der Waals surface area contributed by atoms with Crippen molar-refractivity contribution in [2.75, 3.05) is 24.3 Å².